The third-order valence-corrected chi connectivity index (χ3v) is 6.88. The number of fused-ring (bicyclic) bond motifs is 2. The Balaban J connectivity index is 1.18. The molecular formula is C24H25F4N5O. The number of piperazine rings is 1. The SMILES string of the molecule is O=C(CN1CC2CCC(C1)N2c1ncc(F)cn1)N1CC=C(c2cccc(C(F)(F)F)c2)CC1. The van der Waals surface area contributed by atoms with E-state index in [4.69, 9.17) is 0 Å². The van der Waals surface area contributed by atoms with Gasteiger partial charge in [-0.05, 0) is 42.5 Å². The Morgan fingerprint density at radius 3 is 2.41 bits per heavy atom. The minimum Gasteiger partial charge on any atom is -0.338 e. The van der Waals surface area contributed by atoms with E-state index in [1.165, 1.54) is 24.5 Å². The molecule has 10 heteroatoms. The molecule has 3 aliphatic heterocycles. The second kappa shape index (κ2) is 8.98. The zero-order chi connectivity index (χ0) is 23.9. The number of amides is 1. The summed E-state index contributed by atoms with van der Waals surface area (Å²) in [7, 11) is 0. The summed E-state index contributed by atoms with van der Waals surface area (Å²) in [5.41, 5.74) is 0.725. The number of carbonyl (C=O) groups excluding carboxylic acids is 1. The lowest BCUT2D eigenvalue weighted by Crippen LogP contribution is -2.56. The van der Waals surface area contributed by atoms with E-state index in [1.807, 2.05) is 6.08 Å². The summed E-state index contributed by atoms with van der Waals surface area (Å²) in [5, 5.41) is 0. The number of nitrogens with zero attached hydrogens (tertiary/aromatic N) is 5. The molecule has 2 aromatic rings. The molecule has 180 valence electrons. The summed E-state index contributed by atoms with van der Waals surface area (Å²) in [6.45, 7) is 2.60. The van der Waals surface area contributed by atoms with E-state index in [0.717, 1.165) is 24.5 Å². The molecule has 0 radical (unpaired) electrons. The minimum absolute atomic E-state index is 0.0187. The smallest absolute Gasteiger partial charge is 0.338 e. The fraction of sp³-hybridized carbons (Fsp3) is 0.458. The molecule has 0 aliphatic carbocycles. The van der Waals surface area contributed by atoms with Crippen molar-refractivity contribution in [3.8, 4) is 0 Å². The van der Waals surface area contributed by atoms with Gasteiger partial charge in [0.05, 0.1) is 24.5 Å². The first kappa shape index (κ1) is 22.8. The van der Waals surface area contributed by atoms with Gasteiger partial charge in [-0.2, -0.15) is 13.2 Å². The van der Waals surface area contributed by atoms with E-state index >= 15 is 0 Å². The van der Waals surface area contributed by atoms with Crippen molar-refractivity contribution in [3.05, 3.63) is 59.7 Å². The van der Waals surface area contributed by atoms with Crippen LogP contribution in [0.15, 0.2) is 42.7 Å². The van der Waals surface area contributed by atoms with Crippen molar-refractivity contribution < 1.29 is 22.4 Å². The van der Waals surface area contributed by atoms with Crippen LogP contribution in [0.25, 0.3) is 5.57 Å². The minimum atomic E-state index is -4.38. The molecule has 2 saturated heterocycles. The second-order valence-corrected chi connectivity index (χ2v) is 9.09. The van der Waals surface area contributed by atoms with Crippen molar-refractivity contribution in [2.24, 2.45) is 0 Å². The Morgan fingerprint density at radius 2 is 1.79 bits per heavy atom. The molecule has 6 nitrogen and oxygen atoms in total. The summed E-state index contributed by atoms with van der Waals surface area (Å²) in [6.07, 6.45) is 2.30. The monoisotopic (exact) mass is 475 g/mol. The molecule has 5 rings (SSSR count). The molecule has 2 atom stereocenters. The van der Waals surface area contributed by atoms with Crippen molar-refractivity contribution in [2.75, 3.05) is 37.6 Å². The number of aromatic nitrogens is 2. The number of likely N-dealkylation sites (tertiary alicyclic amines) is 1. The van der Waals surface area contributed by atoms with Crippen LogP contribution in [-0.2, 0) is 11.0 Å². The van der Waals surface area contributed by atoms with Crippen molar-refractivity contribution in [1.82, 2.24) is 19.8 Å². The second-order valence-electron chi connectivity index (χ2n) is 9.09. The highest BCUT2D eigenvalue weighted by atomic mass is 19.4. The number of benzene rings is 1. The van der Waals surface area contributed by atoms with Gasteiger partial charge in [0.25, 0.3) is 0 Å². The van der Waals surface area contributed by atoms with E-state index in [2.05, 4.69) is 19.8 Å². The Hall–Kier alpha value is -3.01. The molecule has 1 aromatic carbocycles. The molecular weight excluding hydrogens is 450 g/mol. The first-order chi connectivity index (χ1) is 16.3. The number of carbonyl (C=O) groups is 1. The summed E-state index contributed by atoms with van der Waals surface area (Å²) < 4.78 is 52.2. The largest absolute Gasteiger partial charge is 0.416 e. The standard InChI is InChI=1S/C24H25F4N5O/c25-19-11-29-23(30-12-19)33-20-4-5-21(33)14-31(13-20)15-22(34)32-8-6-16(7-9-32)17-2-1-3-18(10-17)24(26,27)28/h1-3,6,10-12,20-21H,4-5,7-9,13-15H2. The molecule has 1 amide bonds. The van der Waals surface area contributed by atoms with E-state index in [0.29, 0.717) is 50.7 Å². The fourth-order valence-electron chi connectivity index (χ4n) is 5.23. The number of hydrogen-bond donors (Lipinski definition) is 0. The quantitative estimate of drug-likeness (QED) is 0.633. The van der Waals surface area contributed by atoms with Crippen LogP contribution in [-0.4, -0.2) is 70.5 Å². The first-order valence-corrected chi connectivity index (χ1v) is 11.4. The molecule has 2 unspecified atom stereocenters. The van der Waals surface area contributed by atoms with Crippen LogP contribution in [0.3, 0.4) is 0 Å². The number of halogens is 4. The molecule has 4 heterocycles. The fourth-order valence-corrected chi connectivity index (χ4v) is 5.23. The van der Waals surface area contributed by atoms with Gasteiger partial charge in [0, 0.05) is 38.3 Å². The molecule has 2 fully saturated rings. The third kappa shape index (κ3) is 4.64. The first-order valence-electron chi connectivity index (χ1n) is 11.4. The van der Waals surface area contributed by atoms with Crippen LogP contribution in [0.5, 0.6) is 0 Å². The summed E-state index contributed by atoms with van der Waals surface area (Å²) >= 11 is 0. The highest BCUT2D eigenvalue weighted by Gasteiger charge is 2.42. The Labute approximate surface area is 194 Å². The van der Waals surface area contributed by atoms with Crippen molar-refractivity contribution in [1.29, 1.82) is 0 Å². The lowest BCUT2D eigenvalue weighted by molar-refractivity contribution is -0.137. The predicted octanol–water partition coefficient (Wildman–Crippen LogP) is 3.60. The van der Waals surface area contributed by atoms with Crippen LogP contribution in [0, 0.1) is 5.82 Å². The van der Waals surface area contributed by atoms with Crippen LogP contribution < -0.4 is 4.90 Å². The normalized spacial score (nSPS) is 23.2. The number of rotatable bonds is 4. The van der Waals surface area contributed by atoms with Gasteiger partial charge in [-0.25, -0.2) is 14.4 Å². The lowest BCUT2D eigenvalue weighted by atomic mass is 9.97. The van der Waals surface area contributed by atoms with Gasteiger partial charge < -0.3 is 9.80 Å². The lowest BCUT2D eigenvalue weighted by Gasteiger charge is -2.41. The maximum absolute atomic E-state index is 13.2. The van der Waals surface area contributed by atoms with Gasteiger partial charge in [-0.1, -0.05) is 18.2 Å². The zero-order valence-corrected chi connectivity index (χ0v) is 18.5. The number of anilines is 1. The predicted molar refractivity (Wildman–Crippen MR) is 118 cm³/mol. The maximum Gasteiger partial charge on any atom is 0.416 e. The van der Waals surface area contributed by atoms with Crippen molar-refractivity contribution >= 4 is 17.4 Å². The summed E-state index contributed by atoms with van der Waals surface area (Å²) in [5.74, 6) is 0.0838. The molecule has 3 aliphatic rings. The van der Waals surface area contributed by atoms with Crippen LogP contribution >= 0.6 is 0 Å². The molecule has 34 heavy (non-hydrogen) atoms. The average Bonchev–Trinajstić information content (AvgIpc) is 3.09. The topological polar surface area (TPSA) is 52.6 Å². The Kier molecular flexibility index (Phi) is 6.01. The van der Waals surface area contributed by atoms with E-state index in [9.17, 15) is 22.4 Å². The number of hydrogen-bond acceptors (Lipinski definition) is 5. The average molecular weight is 475 g/mol. The van der Waals surface area contributed by atoms with Gasteiger partial charge in [-0.15, -0.1) is 0 Å². The molecule has 0 saturated carbocycles. The van der Waals surface area contributed by atoms with Crippen molar-refractivity contribution in [2.45, 2.75) is 37.5 Å². The van der Waals surface area contributed by atoms with Gasteiger partial charge in [0.15, 0.2) is 5.82 Å². The van der Waals surface area contributed by atoms with Gasteiger partial charge in [0.2, 0.25) is 11.9 Å². The van der Waals surface area contributed by atoms with Gasteiger partial charge >= 0.3 is 6.18 Å². The molecule has 2 bridgehead atoms. The van der Waals surface area contributed by atoms with E-state index in [1.54, 1.807) is 11.0 Å². The molecule has 1 aromatic heterocycles. The highest BCUT2D eigenvalue weighted by molar-refractivity contribution is 5.80. The summed E-state index contributed by atoms with van der Waals surface area (Å²) in [4.78, 5) is 27.3. The van der Waals surface area contributed by atoms with Crippen LogP contribution in [0.4, 0.5) is 23.5 Å². The number of alkyl halides is 3. The Morgan fingerprint density at radius 1 is 1.09 bits per heavy atom. The van der Waals surface area contributed by atoms with Gasteiger partial charge in [0.1, 0.15) is 0 Å². The van der Waals surface area contributed by atoms with Crippen LogP contribution in [0.1, 0.15) is 30.4 Å². The van der Waals surface area contributed by atoms with E-state index < -0.39 is 17.6 Å². The van der Waals surface area contributed by atoms with Gasteiger partial charge in [-0.3, -0.25) is 9.69 Å². The summed E-state index contributed by atoms with van der Waals surface area (Å²) in [6, 6.07) is 5.71. The third-order valence-electron chi connectivity index (χ3n) is 6.88. The maximum atomic E-state index is 13.2. The van der Waals surface area contributed by atoms with Crippen molar-refractivity contribution in [3.63, 3.8) is 0 Å². The highest BCUT2D eigenvalue weighted by Crippen LogP contribution is 2.34. The van der Waals surface area contributed by atoms with E-state index in [-0.39, 0.29) is 18.0 Å². The Bertz CT molecular complexity index is 1070. The molecule has 0 spiro atoms. The van der Waals surface area contributed by atoms with Crippen LogP contribution in [0.2, 0.25) is 0 Å². The molecule has 0 N–H and O–H groups in total. The zero-order valence-electron chi connectivity index (χ0n) is 18.5.